The van der Waals surface area contributed by atoms with Crippen LogP contribution in [0.2, 0.25) is 0 Å². The lowest BCUT2D eigenvalue weighted by Gasteiger charge is -2.16. The van der Waals surface area contributed by atoms with Crippen LogP contribution in [0.3, 0.4) is 0 Å². The van der Waals surface area contributed by atoms with Gasteiger partial charge in [-0.05, 0) is 5.92 Å². The van der Waals surface area contributed by atoms with E-state index in [1.807, 2.05) is 13.8 Å². The molecular formula is C16H22O5. The normalized spacial score (nSPS) is 16.7. The van der Waals surface area contributed by atoms with Gasteiger partial charge in [0, 0.05) is 18.6 Å². The monoisotopic (exact) mass is 294 g/mol. The molecule has 5 nitrogen and oxygen atoms in total. The molecule has 0 N–H and O–H groups in total. The van der Waals surface area contributed by atoms with E-state index in [0.29, 0.717) is 42.4 Å². The molecule has 1 aliphatic rings. The second-order valence-electron chi connectivity index (χ2n) is 5.49. The van der Waals surface area contributed by atoms with E-state index < -0.39 is 0 Å². The van der Waals surface area contributed by atoms with Crippen LogP contribution in [0, 0.1) is 5.92 Å². The summed E-state index contributed by atoms with van der Waals surface area (Å²) >= 11 is 0. The molecule has 0 bridgehead atoms. The number of Topliss-reactive ketones (excluding diaryl/α,β-unsaturated/α-hetero) is 1. The lowest BCUT2D eigenvalue weighted by molar-refractivity contribution is 0.0960. The number of benzene rings is 1. The van der Waals surface area contributed by atoms with Crippen LogP contribution in [-0.2, 0) is 4.74 Å². The quantitative estimate of drug-likeness (QED) is 0.545. The summed E-state index contributed by atoms with van der Waals surface area (Å²) in [5.41, 5.74) is 0.479. The van der Waals surface area contributed by atoms with Gasteiger partial charge >= 0.3 is 0 Å². The van der Waals surface area contributed by atoms with Crippen molar-refractivity contribution in [3.05, 3.63) is 17.7 Å². The minimum atomic E-state index is 0.0104. The molecule has 2 rings (SSSR count). The number of methoxy groups -OCH3 is 2. The predicted octanol–water partition coefficient (Wildman–Crippen LogP) is 2.71. The van der Waals surface area contributed by atoms with Crippen molar-refractivity contribution in [1.82, 2.24) is 0 Å². The van der Waals surface area contributed by atoms with Gasteiger partial charge in [0.15, 0.2) is 5.78 Å². The molecule has 0 aliphatic carbocycles. The molecule has 1 aromatic carbocycles. The number of carbonyl (C=O) groups excluding carboxylic acids is 1. The summed E-state index contributed by atoms with van der Waals surface area (Å²) in [6, 6.07) is 3.42. The standard InChI is InChI=1S/C16H22O5/c1-10(2)5-13(17)16-14(19-4)6-11(18-3)7-15(16)21-9-12-8-20-12/h6-7,10,12H,5,8-9H2,1-4H3/t12-/m0/s1. The topological polar surface area (TPSA) is 57.3 Å². The Bertz CT molecular complexity index is 506. The van der Waals surface area contributed by atoms with Crippen LogP contribution in [0.25, 0.3) is 0 Å². The van der Waals surface area contributed by atoms with Crippen molar-refractivity contribution in [2.45, 2.75) is 26.4 Å². The summed E-state index contributed by atoms with van der Waals surface area (Å²) in [5.74, 6) is 1.85. The van der Waals surface area contributed by atoms with Gasteiger partial charge in [0.2, 0.25) is 0 Å². The van der Waals surface area contributed by atoms with Crippen LogP contribution in [0.5, 0.6) is 17.2 Å². The highest BCUT2D eigenvalue weighted by molar-refractivity contribution is 6.01. The van der Waals surface area contributed by atoms with Gasteiger partial charge in [-0.2, -0.15) is 0 Å². The van der Waals surface area contributed by atoms with Crippen molar-refractivity contribution in [2.75, 3.05) is 27.4 Å². The Morgan fingerprint density at radius 2 is 1.95 bits per heavy atom. The van der Waals surface area contributed by atoms with Crippen molar-refractivity contribution in [3.63, 3.8) is 0 Å². The molecule has 0 radical (unpaired) electrons. The lowest BCUT2D eigenvalue weighted by Crippen LogP contribution is -2.12. The Labute approximate surface area is 125 Å². The van der Waals surface area contributed by atoms with Crippen molar-refractivity contribution >= 4 is 5.78 Å². The number of carbonyl (C=O) groups is 1. The Balaban J connectivity index is 2.33. The second kappa shape index (κ2) is 6.80. The summed E-state index contributed by atoms with van der Waals surface area (Å²) in [4.78, 5) is 12.5. The molecule has 0 aromatic heterocycles. The first kappa shape index (κ1) is 15.6. The van der Waals surface area contributed by atoms with Crippen LogP contribution in [0.4, 0.5) is 0 Å². The Kier molecular flexibility index (Phi) is 5.07. The minimum absolute atomic E-state index is 0.0104. The molecule has 1 aromatic rings. The maximum Gasteiger partial charge on any atom is 0.170 e. The first-order valence-electron chi connectivity index (χ1n) is 7.08. The van der Waals surface area contributed by atoms with E-state index in [1.54, 1.807) is 19.2 Å². The molecule has 1 atom stereocenters. The van der Waals surface area contributed by atoms with Crippen molar-refractivity contribution in [3.8, 4) is 17.2 Å². The molecule has 116 valence electrons. The molecule has 1 aliphatic heterocycles. The summed E-state index contributed by atoms with van der Waals surface area (Å²) < 4.78 is 21.5. The SMILES string of the molecule is COc1cc(OC)c(C(=O)CC(C)C)c(OC[C@@H]2CO2)c1. The third-order valence-corrected chi connectivity index (χ3v) is 3.19. The number of ether oxygens (including phenoxy) is 4. The summed E-state index contributed by atoms with van der Waals surface area (Å²) in [6.07, 6.45) is 0.564. The Morgan fingerprint density at radius 1 is 1.29 bits per heavy atom. The first-order chi connectivity index (χ1) is 10.0. The van der Waals surface area contributed by atoms with Gasteiger partial charge in [-0.1, -0.05) is 13.8 Å². The Morgan fingerprint density at radius 3 is 2.48 bits per heavy atom. The van der Waals surface area contributed by atoms with E-state index in [2.05, 4.69) is 0 Å². The van der Waals surface area contributed by atoms with Gasteiger partial charge in [0.25, 0.3) is 0 Å². The number of hydrogen-bond acceptors (Lipinski definition) is 5. The van der Waals surface area contributed by atoms with Gasteiger partial charge in [-0.3, -0.25) is 4.79 Å². The summed E-state index contributed by atoms with van der Waals surface area (Å²) in [7, 11) is 3.10. The molecule has 1 heterocycles. The molecule has 0 saturated carbocycles. The Hall–Kier alpha value is -1.75. The zero-order valence-corrected chi connectivity index (χ0v) is 13.0. The maximum atomic E-state index is 12.5. The van der Waals surface area contributed by atoms with Crippen LogP contribution >= 0.6 is 0 Å². The van der Waals surface area contributed by atoms with E-state index in [4.69, 9.17) is 18.9 Å². The highest BCUT2D eigenvalue weighted by Gasteiger charge is 2.26. The average Bonchev–Trinajstić information content (AvgIpc) is 3.27. The fraction of sp³-hybridized carbons (Fsp3) is 0.562. The number of hydrogen-bond donors (Lipinski definition) is 0. The number of rotatable bonds is 8. The molecular weight excluding hydrogens is 272 g/mol. The molecule has 0 unspecified atom stereocenters. The largest absolute Gasteiger partial charge is 0.496 e. The molecule has 5 heteroatoms. The predicted molar refractivity (Wildman–Crippen MR) is 78.6 cm³/mol. The lowest BCUT2D eigenvalue weighted by atomic mass is 9.99. The van der Waals surface area contributed by atoms with Crippen LogP contribution in [0.1, 0.15) is 30.6 Å². The van der Waals surface area contributed by atoms with E-state index in [1.165, 1.54) is 7.11 Å². The highest BCUT2D eigenvalue weighted by atomic mass is 16.6. The van der Waals surface area contributed by atoms with Gasteiger partial charge in [0.1, 0.15) is 35.5 Å². The highest BCUT2D eigenvalue weighted by Crippen LogP contribution is 2.36. The minimum Gasteiger partial charge on any atom is -0.496 e. The van der Waals surface area contributed by atoms with Gasteiger partial charge < -0.3 is 18.9 Å². The fourth-order valence-corrected chi connectivity index (χ4v) is 2.05. The maximum absolute atomic E-state index is 12.5. The van der Waals surface area contributed by atoms with Crippen molar-refractivity contribution in [1.29, 1.82) is 0 Å². The van der Waals surface area contributed by atoms with Crippen LogP contribution in [0.15, 0.2) is 12.1 Å². The zero-order chi connectivity index (χ0) is 15.4. The molecule has 21 heavy (non-hydrogen) atoms. The summed E-state index contributed by atoms with van der Waals surface area (Å²) in [6.45, 7) is 5.15. The second-order valence-corrected chi connectivity index (χ2v) is 5.49. The fourth-order valence-electron chi connectivity index (χ4n) is 2.05. The van der Waals surface area contributed by atoms with Crippen molar-refractivity contribution < 1.29 is 23.7 Å². The third kappa shape index (κ3) is 4.11. The molecule has 1 fully saturated rings. The van der Waals surface area contributed by atoms with Gasteiger partial charge in [-0.25, -0.2) is 0 Å². The van der Waals surface area contributed by atoms with Gasteiger partial charge in [0.05, 0.1) is 20.8 Å². The van der Waals surface area contributed by atoms with Crippen molar-refractivity contribution in [2.24, 2.45) is 5.92 Å². The van der Waals surface area contributed by atoms with E-state index in [-0.39, 0.29) is 17.8 Å². The molecule has 0 spiro atoms. The zero-order valence-electron chi connectivity index (χ0n) is 13.0. The van der Waals surface area contributed by atoms with E-state index in [0.717, 1.165) is 0 Å². The summed E-state index contributed by atoms with van der Waals surface area (Å²) in [5, 5.41) is 0. The first-order valence-corrected chi connectivity index (χ1v) is 7.08. The smallest absolute Gasteiger partial charge is 0.170 e. The van der Waals surface area contributed by atoms with E-state index >= 15 is 0 Å². The third-order valence-electron chi connectivity index (χ3n) is 3.19. The van der Waals surface area contributed by atoms with Crippen LogP contribution < -0.4 is 14.2 Å². The average molecular weight is 294 g/mol. The number of ketones is 1. The molecule has 1 saturated heterocycles. The van der Waals surface area contributed by atoms with Crippen LogP contribution in [-0.4, -0.2) is 39.3 Å². The molecule has 0 amide bonds. The van der Waals surface area contributed by atoms with Gasteiger partial charge in [-0.15, -0.1) is 0 Å². The van der Waals surface area contributed by atoms with E-state index in [9.17, 15) is 4.79 Å². The number of epoxide rings is 1.